The fourth-order valence-corrected chi connectivity index (χ4v) is 7.48. The van der Waals surface area contributed by atoms with Crippen LogP contribution in [0.3, 0.4) is 0 Å². The van der Waals surface area contributed by atoms with E-state index in [0.717, 1.165) is 5.56 Å². The van der Waals surface area contributed by atoms with E-state index in [2.05, 4.69) is 0 Å². The van der Waals surface area contributed by atoms with Crippen LogP contribution < -0.4 is 4.90 Å². The average molecular weight is 595 g/mol. The molecule has 1 spiro atoms. The van der Waals surface area contributed by atoms with Crippen LogP contribution in [0.15, 0.2) is 97.1 Å². The van der Waals surface area contributed by atoms with Crippen LogP contribution in [0.25, 0.3) is 6.08 Å². The Bertz CT molecular complexity index is 1870. The zero-order valence-corrected chi connectivity index (χ0v) is 23.3. The van der Waals surface area contributed by atoms with Gasteiger partial charge in [0.05, 0.1) is 11.0 Å². The molecule has 0 N–H and O–H groups in total. The second-order valence-electron chi connectivity index (χ2n) is 10.6. The smallest absolute Gasteiger partial charge is 0.270 e. The summed E-state index contributed by atoms with van der Waals surface area (Å²) in [4.78, 5) is 56.9. The number of nitrogens with zero attached hydrogens (tertiary/aromatic N) is 2. The number of non-ortho nitro benzene ring substituents is 1. The van der Waals surface area contributed by atoms with Gasteiger partial charge in [-0.25, -0.2) is 0 Å². The summed E-state index contributed by atoms with van der Waals surface area (Å²) in [5, 5.41) is 12.2. The first-order valence-electron chi connectivity index (χ1n) is 13.2. The highest BCUT2D eigenvalue weighted by Gasteiger charge is 2.71. The van der Waals surface area contributed by atoms with E-state index in [1.54, 1.807) is 36.4 Å². The highest BCUT2D eigenvalue weighted by molar-refractivity contribution is 6.36. The molecule has 7 rings (SSSR count). The first kappa shape index (κ1) is 26.3. The number of halogens is 2. The first-order chi connectivity index (χ1) is 20.2. The molecule has 4 aromatic carbocycles. The molecule has 9 heteroatoms. The van der Waals surface area contributed by atoms with Gasteiger partial charge in [-0.05, 0) is 29.3 Å². The maximum absolute atomic E-state index is 14.7. The van der Waals surface area contributed by atoms with Gasteiger partial charge in [0.25, 0.3) is 5.69 Å². The molecule has 0 radical (unpaired) electrons. The van der Waals surface area contributed by atoms with Gasteiger partial charge in [0.1, 0.15) is 11.5 Å². The number of nitro benzene ring substituents is 1. The summed E-state index contributed by atoms with van der Waals surface area (Å²) in [6.45, 7) is 0. The van der Waals surface area contributed by atoms with Gasteiger partial charge in [0, 0.05) is 50.5 Å². The average Bonchev–Trinajstić information content (AvgIpc) is 3.43. The molecule has 2 heterocycles. The number of hydrogen-bond donors (Lipinski definition) is 0. The van der Waals surface area contributed by atoms with E-state index >= 15 is 0 Å². The van der Waals surface area contributed by atoms with Crippen molar-refractivity contribution in [2.45, 2.75) is 18.0 Å². The third-order valence-corrected chi connectivity index (χ3v) is 9.18. The van der Waals surface area contributed by atoms with Gasteiger partial charge in [-0.2, -0.15) is 0 Å². The topological polar surface area (TPSA) is 97.6 Å². The van der Waals surface area contributed by atoms with Gasteiger partial charge in [-0.1, -0.05) is 96.0 Å². The lowest BCUT2D eigenvalue weighted by atomic mass is 9.64. The standard InChI is InChI=1S/C33H20Cl2N2O5/c34-20-13-14-24(25(35)17-20)28-29(30(38)19-7-5-8-21(16-19)37(41)42)36-26-11-4-1-6-18(26)12-15-27(36)33(28)31(39)22-9-2-3-10-23(22)32(33)40/h1-17,27-29H/t27-,28+,29+/m1/s1. The predicted molar refractivity (Wildman–Crippen MR) is 160 cm³/mol. The number of ketones is 3. The molecule has 1 fully saturated rings. The molecule has 3 aliphatic rings. The molecule has 0 aromatic heterocycles. The Morgan fingerprint density at radius 1 is 0.857 bits per heavy atom. The van der Waals surface area contributed by atoms with Gasteiger partial charge in [-0.3, -0.25) is 24.5 Å². The number of benzene rings is 4. The largest absolute Gasteiger partial charge is 0.352 e. The highest BCUT2D eigenvalue weighted by Crippen LogP contribution is 2.61. The van der Waals surface area contributed by atoms with E-state index in [0.29, 0.717) is 16.3 Å². The lowest BCUT2D eigenvalue weighted by molar-refractivity contribution is -0.384. The molecular weight excluding hydrogens is 575 g/mol. The predicted octanol–water partition coefficient (Wildman–Crippen LogP) is 7.22. The number of hydrogen-bond acceptors (Lipinski definition) is 6. The molecule has 0 amide bonds. The van der Waals surface area contributed by atoms with E-state index in [1.165, 1.54) is 30.3 Å². The summed E-state index contributed by atoms with van der Waals surface area (Å²) in [7, 11) is 0. The van der Waals surface area contributed by atoms with Crippen molar-refractivity contribution in [3.8, 4) is 0 Å². The van der Waals surface area contributed by atoms with Crippen LogP contribution >= 0.6 is 23.2 Å². The molecule has 42 heavy (non-hydrogen) atoms. The van der Waals surface area contributed by atoms with Gasteiger partial charge in [0.15, 0.2) is 17.3 Å². The van der Waals surface area contributed by atoms with Crippen molar-refractivity contribution in [1.29, 1.82) is 0 Å². The Labute approximate surface area is 250 Å². The summed E-state index contributed by atoms with van der Waals surface area (Å²) in [5.74, 6) is -2.32. The van der Waals surface area contributed by atoms with Crippen molar-refractivity contribution in [2.24, 2.45) is 5.41 Å². The Kier molecular flexibility index (Phi) is 5.94. The quantitative estimate of drug-likeness (QED) is 0.107. The summed E-state index contributed by atoms with van der Waals surface area (Å²) >= 11 is 13.1. The van der Waals surface area contributed by atoms with Crippen molar-refractivity contribution in [2.75, 3.05) is 4.90 Å². The van der Waals surface area contributed by atoms with Crippen LogP contribution in [0, 0.1) is 15.5 Å². The molecule has 7 nitrogen and oxygen atoms in total. The number of fused-ring (bicyclic) bond motifs is 5. The van der Waals surface area contributed by atoms with E-state index < -0.39 is 45.7 Å². The SMILES string of the molecule is O=C(c1cccc([N+](=O)[O-])c1)[C@@H]1[C@H](c2ccc(Cl)cc2Cl)C2(C(=O)c3ccccc3C2=O)[C@H]2C=Cc3ccccc3N12. The summed E-state index contributed by atoms with van der Waals surface area (Å²) in [5.41, 5.74) is 0.553. The maximum Gasteiger partial charge on any atom is 0.270 e. The van der Waals surface area contributed by atoms with Crippen molar-refractivity contribution in [1.82, 2.24) is 0 Å². The van der Waals surface area contributed by atoms with Gasteiger partial charge < -0.3 is 4.90 Å². The van der Waals surface area contributed by atoms with E-state index in [-0.39, 0.29) is 27.4 Å². The van der Waals surface area contributed by atoms with Crippen LogP contribution in [-0.2, 0) is 0 Å². The van der Waals surface area contributed by atoms with E-state index in [4.69, 9.17) is 23.2 Å². The van der Waals surface area contributed by atoms with E-state index in [9.17, 15) is 24.5 Å². The Morgan fingerprint density at radius 3 is 2.24 bits per heavy atom. The molecule has 1 saturated heterocycles. The molecule has 3 atom stereocenters. The van der Waals surface area contributed by atoms with Crippen LogP contribution in [0.1, 0.15) is 48.1 Å². The Hall–Kier alpha value is -4.59. The van der Waals surface area contributed by atoms with Gasteiger partial charge >= 0.3 is 0 Å². The minimum atomic E-state index is -1.74. The number of nitro groups is 1. The minimum absolute atomic E-state index is 0.0857. The normalized spacial score (nSPS) is 21.3. The monoisotopic (exact) mass is 594 g/mol. The number of para-hydroxylation sites is 1. The molecule has 2 aliphatic heterocycles. The number of carbonyl (C=O) groups excluding carboxylic acids is 3. The number of carbonyl (C=O) groups is 3. The van der Waals surface area contributed by atoms with E-state index in [1.807, 2.05) is 41.3 Å². The van der Waals surface area contributed by atoms with Gasteiger partial charge in [-0.15, -0.1) is 0 Å². The lowest BCUT2D eigenvalue weighted by Crippen LogP contribution is -2.48. The second kappa shape index (κ2) is 9.48. The number of rotatable bonds is 4. The summed E-state index contributed by atoms with van der Waals surface area (Å²) in [6.07, 6.45) is 3.67. The summed E-state index contributed by atoms with van der Waals surface area (Å²) < 4.78 is 0. The fourth-order valence-electron chi connectivity index (χ4n) is 6.96. The van der Waals surface area contributed by atoms with Crippen molar-refractivity contribution in [3.05, 3.63) is 145 Å². The number of Topliss-reactive ketones (excluding diaryl/α,β-unsaturated/α-hetero) is 3. The lowest BCUT2D eigenvalue weighted by Gasteiger charge is -2.37. The second-order valence-corrected chi connectivity index (χ2v) is 11.4. The Balaban J connectivity index is 1.56. The van der Waals surface area contributed by atoms with Crippen LogP contribution in [0.4, 0.5) is 11.4 Å². The fraction of sp³-hybridized carbons (Fsp3) is 0.121. The van der Waals surface area contributed by atoms with Crippen LogP contribution in [-0.4, -0.2) is 34.4 Å². The zero-order chi connectivity index (χ0) is 29.3. The molecule has 4 aromatic rings. The third-order valence-electron chi connectivity index (χ3n) is 8.62. The molecule has 206 valence electrons. The molecule has 0 unspecified atom stereocenters. The number of anilines is 1. The maximum atomic E-state index is 14.7. The molecule has 1 aliphatic carbocycles. The van der Waals surface area contributed by atoms with Crippen LogP contribution in [0.2, 0.25) is 10.0 Å². The molecular formula is C33H20Cl2N2O5. The minimum Gasteiger partial charge on any atom is -0.352 e. The first-order valence-corrected chi connectivity index (χ1v) is 14.0. The Morgan fingerprint density at radius 2 is 1.55 bits per heavy atom. The van der Waals surface area contributed by atoms with Crippen molar-refractivity contribution < 1.29 is 19.3 Å². The highest BCUT2D eigenvalue weighted by atomic mass is 35.5. The molecule has 0 saturated carbocycles. The summed E-state index contributed by atoms with van der Waals surface area (Å²) in [6, 6.07) is 22.4. The molecule has 0 bridgehead atoms. The van der Waals surface area contributed by atoms with Crippen molar-refractivity contribution >= 4 is 58.0 Å². The third kappa shape index (κ3) is 3.50. The van der Waals surface area contributed by atoms with Crippen LogP contribution in [0.5, 0.6) is 0 Å². The van der Waals surface area contributed by atoms with Crippen molar-refractivity contribution in [3.63, 3.8) is 0 Å². The zero-order valence-electron chi connectivity index (χ0n) is 21.7. The van der Waals surface area contributed by atoms with Gasteiger partial charge in [0.2, 0.25) is 0 Å².